The predicted molar refractivity (Wildman–Crippen MR) is 79.3 cm³/mol. The van der Waals surface area contributed by atoms with E-state index in [1.54, 1.807) is 0 Å². The Morgan fingerprint density at radius 3 is 2.43 bits per heavy atom. The largest absolute Gasteiger partial charge is 0.476 e. The zero-order valence-electron chi connectivity index (χ0n) is 12.1. The van der Waals surface area contributed by atoms with Crippen molar-refractivity contribution in [2.75, 3.05) is 0 Å². The normalized spacial score (nSPS) is 22.1. The van der Waals surface area contributed by atoms with Crippen LogP contribution in [0.3, 0.4) is 0 Å². The van der Waals surface area contributed by atoms with Crippen LogP contribution in [0, 0.1) is 5.92 Å². The number of aromatic nitrogens is 1. The van der Waals surface area contributed by atoms with Crippen molar-refractivity contribution in [3.05, 3.63) is 41.6 Å². The van der Waals surface area contributed by atoms with Crippen molar-refractivity contribution in [1.29, 1.82) is 0 Å². The van der Waals surface area contributed by atoms with Crippen LogP contribution in [0.1, 0.15) is 54.6 Å². The van der Waals surface area contributed by atoms with Gasteiger partial charge in [0.25, 0.3) is 0 Å². The first kappa shape index (κ1) is 13.9. The van der Waals surface area contributed by atoms with Gasteiger partial charge in [0.05, 0.1) is 0 Å². The Morgan fingerprint density at radius 2 is 1.86 bits per heavy atom. The molecule has 0 radical (unpaired) electrons. The fourth-order valence-corrected chi connectivity index (χ4v) is 3.03. The maximum atomic E-state index is 10.8. The molecule has 1 N–H and O–H groups in total. The number of nitrogens with zero attached hydrogens (tertiary/aromatic N) is 1. The summed E-state index contributed by atoms with van der Waals surface area (Å²) in [5.74, 6) is 0.929. The fourth-order valence-electron chi connectivity index (χ4n) is 3.03. The van der Waals surface area contributed by atoms with Crippen LogP contribution in [-0.2, 0) is 0 Å². The highest BCUT2D eigenvalue weighted by atomic mass is 16.5. The highest BCUT2D eigenvalue weighted by Gasteiger charge is 2.20. The van der Waals surface area contributed by atoms with Crippen LogP contribution < -0.4 is 0 Å². The van der Waals surface area contributed by atoms with Gasteiger partial charge in [0.2, 0.25) is 0 Å². The third kappa shape index (κ3) is 2.99. The van der Waals surface area contributed by atoms with Gasteiger partial charge in [-0.1, -0.05) is 49.2 Å². The minimum absolute atomic E-state index is 0.0599. The van der Waals surface area contributed by atoms with E-state index in [0.717, 1.165) is 11.5 Å². The lowest BCUT2D eigenvalue weighted by atomic mass is 9.79. The van der Waals surface area contributed by atoms with Gasteiger partial charge in [-0.25, -0.2) is 4.79 Å². The third-order valence-corrected chi connectivity index (χ3v) is 4.41. The molecule has 0 unspecified atom stereocenters. The van der Waals surface area contributed by atoms with E-state index in [2.05, 4.69) is 24.2 Å². The van der Waals surface area contributed by atoms with E-state index < -0.39 is 5.97 Å². The molecule has 3 rings (SSSR count). The van der Waals surface area contributed by atoms with Gasteiger partial charge in [0.1, 0.15) is 0 Å². The first-order chi connectivity index (χ1) is 10.1. The van der Waals surface area contributed by atoms with Crippen molar-refractivity contribution in [2.24, 2.45) is 5.92 Å². The monoisotopic (exact) mass is 285 g/mol. The third-order valence-electron chi connectivity index (χ3n) is 4.41. The molecule has 0 atom stereocenters. The van der Waals surface area contributed by atoms with E-state index in [1.807, 2.05) is 12.1 Å². The first-order valence-electron chi connectivity index (χ1n) is 7.44. The number of rotatable bonds is 3. The standard InChI is InChI=1S/C17H19NO3/c1-11-2-4-12(5-3-11)13-6-8-14(9-7-13)16-10-15(17(19)20)18-21-16/h6-12H,2-5H2,1H3,(H,19,20). The van der Waals surface area contributed by atoms with Crippen LogP contribution in [0.2, 0.25) is 0 Å². The van der Waals surface area contributed by atoms with Gasteiger partial charge in [-0.2, -0.15) is 0 Å². The minimum atomic E-state index is -1.07. The van der Waals surface area contributed by atoms with Crippen molar-refractivity contribution in [2.45, 2.75) is 38.5 Å². The van der Waals surface area contributed by atoms with E-state index in [9.17, 15) is 4.79 Å². The second-order valence-corrected chi connectivity index (χ2v) is 5.96. The van der Waals surface area contributed by atoms with Gasteiger partial charge in [-0.15, -0.1) is 0 Å². The Balaban J connectivity index is 1.75. The van der Waals surface area contributed by atoms with Gasteiger partial charge < -0.3 is 9.63 Å². The molecule has 0 amide bonds. The lowest BCUT2D eigenvalue weighted by molar-refractivity contribution is 0.0686. The summed E-state index contributed by atoms with van der Waals surface area (Å²) in [6.45, 7) is 2.32. The summed E-state index contributed by atoms with van der Waals surface area (Å²) >= 11 is 0. The number of carbonyl (C=O) groups is 1. The highest BCUT2D eigenvalue weighted by Crippen LogP contribution is 2.36. The Bertz CT molecular complexity index is 622. The molecule has 4 heteroatoms. The fraction of sp³-hybridized carbons (Fsp3) is 0.412. The van der Waals surface area contributed by atoms with Gasteiger partial charge in [0, 0.05) is 11.6 Å². The van der Waals surface area contributed by atoms with Crippen molar-refractivity contribution in [1.82, 2.24) is 5.16 Å². The smallest absolute Gasteiger partial charge is 0.358 e. The molecule has 0 bridgehead atoms. The molecule has 1 heterocycles. The molecule has 1 saturated carbocycles. The summed E-state index contributed by atoms with van der Waals surface area (Å²) < 4.78 is 5.08. The molecular weight excluding hydrogens is 266 g/mol. The van der Waals surface area contributed by atoms with Gasteiger partial charge in [0.15, 0.2) is 11.5 Å². The molecule has 4 nitrogen and oxygen atoms in total. The SMILES string of the molecule is CC1CCC(c2ccc(-c3cc(C(=O)O)no3)cc2)CC1. The molecule has 21 heavy (non-hydrogen) atoms. The van der Waals surface area contributed by atoms with Gasteiger partial charge >= 0.3 is 5.97 Å². The number of benzene rings is 1. The first-order valence-corrected chi connectivity index (χ1v) is 7.44. The quantitative estimate of drug-likeness (QED) is 0.911. The zero-order valence-corrected chi connectivity index (χ0v) is 12.1. The lowest BCUT2D eigenvalue weighted by Gasteiger charge is -2.26. The lowest BCUT2D eigenvalue weighted by Crippen LogP contribution is -2.10. The molecule has 1 aliphatic rings. The Kier molecular flexibility index (Phi) is 3.78. The maximum absolute atomic E-state index is 10.8. The average molecular weight is 285 g/mol. The summed E-state index contributed by atoms with van der Waals surface area (Å²) in [6, 6.07) is 9.68. The van der Waals surface area contributed by atoms with E-state index in [-0.39, 0.29) is 5.69 Å². The molecule has 0 aliphatic heterocycles. The van der Waals surface area contributed by atoms with E-state index in [1.165, 1.54) is 37.3 Å². The van der Waals surface area contributed by atoms with E-state index >= 15 is 0 Å². The van der Waals surface area contributed by atoms with E-state index in [0.29, 0.717) is 11.7 Å². The highest BCUT2D eigenvalue weighted by molar-refractivity contribution is 5.86. The molecule has 1 aromatic carbocycles. The molecule has 1 aromatic heterocycles. The van der Waals surface area contributed by atoms with Crippen LogP contribution >= 0.6 is 0 Å². The topological polar surface area (TPSA) is 63.3 Å². The Hall–Kier alpha value is -2.10. The van der Waals surface area contributed by atoms with Crippen molar-refractivity contribution < 1.29 is 14.4 Å². The van der Waals surface area contributed by atoms with Crippen LogP contribution in [-0.4, -0.2) is 16.2 Å². The summed E-state index contributed by atoms with van der Waals surface area (Å²) in [5.41, 5.74) is 2.17. The summed E-state index contributed by atoms with van der Waals surface area (Å²) in [4.78, 5) is 10.8. The second-order valence-electron chi connectivity index (χ2n) is 5.96. The molecule has 0 spiro atoms. The van der Waals surface area contributed by atoms with Crippen LogP contribution in [0.5, 0.6) is 0 Å². The molecule has 110 valence electrons. The number of carboxylic acid groups (broad SMARTS) is 1. The number of hydrogen-bond donors (Lipinski definition) is 1. The van der Waals surface area contributed by atoms with E-state index in [4.69, 9.17) is 9.63 Å². The molecule has 1 fully saturated rings. The summed E-state index contributed by atoms with van der Waals surface area (Å²) in [6.07, 6.45) is 5.12. The van der Waals surface area contributed by atoms with Gasteiger partial charge in [-0.3, -0.25) is 0 Å². The second kappa shape index (κ2) is 5.72. The van der Waals surface area contributed by atoms with Crippen molar-refractivity contribution >= 4 is 5.97 Å². The van der Waals surface area contributed by atoms with Crippen LogP contribution in [0.15, 0.2) is 34.9 Å². The van der Waals surface area contributed by atoms with Crippen molar-refractivity contribution in [3.8, 4) is 11.3 Å². The molecule has 0 saturated heterocycles. The Labute approximate surface area is 123 Å². The molecule has 1 aliphatic carbocycles. The van der Waals surface area contributed by atoms with Crippen molar-refractivity contribution in [3.63, 3.8) is 0 Å². The Morgan fingerprint density at radius 1 is 1.19 bits per heavy atom. The molecule has 2 aromatic rings. The summed E-state index contributed by atoms with van der Waals surface area (Å²) in [5, 5.41) is 12.4. The zero-order chi connectivity index (χ0) is 14.8. The molecular formula is C17H19NO3. The van der Waals surface area contributed by atoms with Crippen LogP contribution in [0.4, 0.5) is 0 Å². The van der Waals surface area contributed by atoms with Gasteiger partial charge in [-0.05, 0) is 30.2 Å². The summed E-state index contributed by atoms with van der Waals surface area (Å²) in [7, 11) is 0. The minimum Gasteiger partial charge on any atom is -0.476 e. The predicted octanol–water partition coefficient (Wildman–Crippen LogP) is 4.33. The average Bonchev–Trinajstić information content (AvgIpc) is 2.98. The number of hydrogen-bond acceptors (Lipinski definition) is 3. The number of carboxylic acids is 1. The number of aromatic carboxylic acids is 1. The van der Waals surface area contributed by atoms with Crippen LogP contribution in [0.25, 0.3) is 11.3 Å². The maximum Gasteiger partial charge on any atom is 0.358 e.